The van der Waals surface area contributed by atoms with Crippen molar-refractivity contribution in [3.05, 3.63) is 33.6 Å². The summed E-state index contributed by atoms with van der Waals surface area (Å²) in [7, 11) is -1.07. The SMILES string of the molecule is C/C=C/C=C/[C@H]1CCCN1C/C(I)=C\[Si](C)(C)C. The van der Waals surface area contributed by atoms with Crippen LogP contribution in [0.25, 0.3) is 0 Å². The molecular formula is C15H26INSi. The van der Waals surface area contributed by atoms with E-state index in [2.05, 4.69) is 84.1 Å². The fraction of sp³-hybridized carbons (Fsp3) is 0.600. The number of hydrogen-bond donors (Lipinski definition) is 0. The topological polar surface area (TPSA) is 3.24 Å². The van der Waals surface area contributed by atoms with Crippen molar-refractivity contribution in [2.45, 2.75) is 45.4 Å². The minimum absolute atomic E-state index is 0.640. The first-order chi connectivity index (χ1) is 8.42. The molecule has 0 aliphatic carbocycles. The third-order valence-electron chi connectivity index (χ3n) is 2.99. The molecule has 0 bridgehead atoms. The molecule has 3 heteroatoms. The summed E-state index contributed by atoms with van der Waals surface area (Å²) in [5.41, 5.74) is 2.53. The maximum absolute atomic E-state index is 2.61. The van der Waals surface area contributed by atoms with Crippen LogP contribution in [0.1, 0.15) is 19.8 Å². The van der Waals surface area contributed by atoms with Gasteiger partial charge in [-0.25, -0.2) is 0 Å². The van der Waals surface area contributed by atoms with Gasteiger partial charge in [-0.1, -0.05) is 49.6 Å². The molecule has 0 saturated carbocycles. The summed E-state index contributed by atoms with van der Waals surface area (Å²) in [4.78, 5) is 2.61. The Morgan fingerprint density at radius 3 is 2.67 bits per heavy atom. The highest BCUT2D eigenvalue weighted by Crippen LogP contribution is 2.22. The average molecular weight is 375 g/mol. The Hall–Kier alpha value is 0.127. The van der Waals surface area contributed by atoms with Crippen LogP contribution in [-0.4, -0.2) is 32.1 Å². The van der Waals surface area contributed by atoms with E-state index in [1.54, 1.807) is 0 Å². The van der Waals surface area contributed by atoms with Crippen LogP contribution in [0, 0.1) is 0 Å². The van der Waals surface area contributed by atoms with Gasteiger partial charge in [0.15, 0.2) is 0 Å². The molecule has 1 atom stereocenters. The van der Waals surface area contributed by atoms with E-state index in [0.29, 0.717) is 6.04 Å². The van der Waals surface area contributed by atoms with E-state index in [0.717, 1.165) is 6.54 Å². The van der Waals surface area contributed by atoms with E-state index in [4.69, 9.17) is 0 Å². The van der Waals surface area contributed by atoms with E-state index in [1.165, 1.54) is 23.0 Å². The zero-order chi connectivity index (χ0) is 13.6. The molecule has 0 aromatic carbocycles. The van der Waals surface area contributed by atoms with Gasteiger partial charge in [-0.05, 0) is 52.5 Å². The summed E-state index contributed by atoms with van der Waals surface area (Å²) in [5.74, 6) is 0. The predicted molar refractivity (Wildman–Crippen MR) is 94.0 cm³/mol. The molecule has 0 spiro atoms. The monoisotopic (exact) mass is 375 g/mol. The smallest absolute Gasteiger partial charge is 0.0697 e. The van der Waals surface area contributed by atoms with Crippen molar-refractivity contribution in [2.24, 2.45) is 0 Å². The first kappa shape index (κ1) is 16.2. The minimum Gasteiger partial charge on any atom is -0.292 e. The lowest BCUT2D eigenvalue weighted by molar-refractivity contribution is 0.321. The molecule has 1 fully saturated rings. The maximum Gasteiger partial charge on any atom is 0.0697 e. The first-order valence-corrected chi connectivity index (χ1v) is 11.5. The molecule has 1 aliphatic rings. The number of hydrogen-bond acceptors (Lipinski definition) is 1. The molecule has 102 valence electrons. The highest BCUT2D eigenvalue weighted by Gasteiger charge is 2.22. The molecule has 1 saturated heterocycles. The molecule has 1 nitrogen and oxygen atoms in total. The molecule has 1 aliphatic heterocycles. The van der Waals surface area contributed by atoms with Crippen LogP contribution in [0.5, 0.6) is 0 Å². The number of halogens is 1. The third kappa shape index (κ3) is 6.34. The van der Waals surface area contributed by atoms with Crippen molar-refractivity contribution in [1.82, 2.24) is 4.90 Å². The zero-order valence-corrected chi connectivity index (χ0v) is 15.3. The van der Waals surface area contributed by atoms with Gasteiger partial charge in [0.2, 0.25) is 0 Å². The summed E-state index contributed by atoms with van der Waals surface area (Å²) in [5, 5.41) is 0. The summed E-state index contributed by atoms with van der Waals surface area (Å²) in [6.45, 7) is 11.7. The summed E-state index contributed by atoms with van der Waals surface area (Å²) in [6, 6.07) is 0.640. The van der Waals surface area contributed by atoms with E-state index in [9.17, 15) is 0 Å². The fourth-order valence-corrected chi connectivity index (χ4v) is 6.55. The first-order valence-electron chi connectivity index (χ1n) is 6.83. The Morgan fingerprint density at radius 2 is 2.06 bits per heavy atom. The molecule has 0 aromatic heterocycles. The highest BCUT2D eigenvalue weighted by molar-refractivity contribution is 14.1. The lowest BCUT2D eigenvalue weighted by Crippen LogP contribution is -2.29. The van der Waals surface area contributed by atoms with Gasteiger partial charge in [-0.2, -0.15) is 0 Å². The van der Waals surface area contributed by atoms with Gasteiger partial charge < -0.3 is 0 Å². The van der Waals surface area contributed by atoms with Crippen LogP contribution in [0.4, 0.5) is 0 Å². The normalized spacial score (nSPS) is 23.6. The van der Waals surface area contributed by atoms with Gasteiger partial charge in [0.1, 0.15) is 0 Å². The van der Waals surface area contributed by atoms with Crippen LogP contribution >= 0.6 is 22.6 Å². The summed E-state index contributed by atoms with van der Waals surface area (Å²) < 4.78 is 1.53. The van der Waals surface area contributed by atoms with E-state index in [-0.39, 0.29) is 0 Å². The molecule has 0 unspecified atom stereocenters. The average Bonchev–Trinajstić information content (AvgIpc) is 2.63. The standard InChI is InChI=1S/C15H26INSi/c1-5-6-7-9-15-10-8-11-17(15)12-14(16)13-18(2,3)4/h5-7,9,13,15H,8,10-12H2,1-4H3/b6-5+,9-7+,14-13+/t15-/m0/s1. The van der Waals surface area contributed by atoms with Gasteiger partial charge in [0.25, 0.3) is 0 Å². The fourth-order valence-electron chi connectivity index (χ4n) is 2.28. The zero-order valence-electron chi connectivity index (χ0n) is 12.1. The number of allylic oxidation sites excluding steroid dienone is 3. The molecule has 18 heavy (non-hydrogen) atoms. The quantitative estimate of drug-likeness (QED) is 0.380. The van der Waals surface area contributed by atoms with Gasteiger partial charge >= 0.3 is 0 Å². The Bertz CT molecular complexity index is 339. The Morgan fingerprint density at radius 1 is 1.33 bits per heavy atom. The Balaban J connectivity index is 2.58. The summed E-state index contributed by atoms with van der Waals surface area (Å²) >= 11 is 2.53. The number of likely N-dealkylation sites (tertiary alicyclic amines) is 1. The van der Waals surface area contributed by atoms with Crippen molar-refractivity contribution in [3.63, 3.8) is 0 Å². The molecule has 0 radical (unpaired) electrons. The lowest BCUT2D eigenvalue weighted by Gasteiger charge is -2.22. The van der Waals surface area contributed by atoms with Crippen molar-refractivity contribution in [2.75, 3.05) is 13.1 Å². The van der Waals surface area contributed by atoms with E-state index >= 15 is 0 Å². The second kappa shape index (κ2) is 7.65. The van der Waals surface area contributed by atoms with Crippen LogP contribution in [-0.2, 0) is 0 Å². The van der Waals surface area contributed by atoms with Crippen molar-refractivity contribution in [3.8, 4) is 0 Å². The second-order valence-corrected chi connectivity index (χ2v) is 12.5. The molecule has 0 amide bonds. The predicted octanol–water partition coefficient (Wildman–Crippen LogP) is 4.78. The van der Waals surface area contributed by atoms with Crippen LogP contribution < -0.4 is 0 Å². The number of nitrogens with zero attached hydrogens (tertiary/aromatic N) is 1. The van der Waals surface area contributed by atoms with E-state index < -0.39 is 8.07 Å². The molecule has 1 heterocycles. The van der Waals surface area contributed by atoms with Crippen molar-refractivity contribution < 1.29 is 0 Å². The number of rotatable bonds is 5. The minimum atomic E-state index is -1.07. The van der Waals surface area contributed by atoms with Crippen LogP contribution in [0.2, 0.25) is 19.6 Å². The van der Waals surface area contributed by atoms with Gasteiger partial charge in [0, 0.05) is 12.6 Å². The van der Waals surface area contributed by atoms with Crippen molar-refractivity contribution in [1.29, 1.82) is 0 Å². The molecule has 0 N–H and O–H groups in total. The van der Waals surface area contributed by atoms with Crippen LogP contribution in [0.15, 0.2) is 33.6 Å². The van der Waals surface area contributed by atoms with Gasteiger partial charge in [-0.15, -0.1) is 0 Å². The molecule has 1 rings (SSSR count). The molecule has 0 aromatic rings. The Kier molecular flexibility index (Phi) is 6.88. The van der Waals surface area contributed by atoms with Gasteiger partial charge in [-0.3, -0.25) is 4.90 Å². The van der Waals surface area contributed by atoms with Gasteiger partial charge in [0.05, 0.1) is 8.07 Å². The van der Waals surface area contributed by atoms with Crippen LogP contribution in [0.3, 0.4) is 0 Å². The lowest BCUT2D eigenvalue weighted by atomic mass is 10.2. The second-order valence-electron chi connectivity index (χ2n) is 6.05. The van der Waals surface area contributed by atoms with Crippen molar-refractivity contribution >= 4 is 30.7 Å². The highest BCUT2D eigenvalue weighted by atomic mass is 127. The molecular weight excluding hydrogens is 349 g/mol. The maximum atomic E-state index is 2.61. The van der Waals surface area contributed by atoms with E-state index in [1.807, 2.05) is 0 Å². The largest absolute Gasteiger partial charge is 0.292 e. The Labute approximate surface area is 127 Å². The summed E-state index contributed by atoms with van der Waals surface area (Å²) in [6.07, 6.45) is 11.4. The third-order valence-corrected chi connectivity index (χ3v) is 5.45.